The smallest absolute Gasteiger partial charge is 0.164 e. The molecule has 15 heteroatoms. The molecule has 0 radical (unpaired) electrons. The zero-order chi connectivity index (χ0) is 99.1. The van der Waals surface area contributed by atoms with Crippen LogP contribution < -0.4 is 0 Å². The molecule has 0 aliphatic heterocycles. The van der Waals surface area contributed by atoms with Crippen molar-refractivity contribution >= 4 is 131 Å². The second-order valence-electron chi connectivity index (χ2n) is 37.5. The number of fused-ring (bicyclic) bond motifs is 20. The van der Waals surface area contributed by atoms with Crippen LogP contribution in [0, 0.1) is 0 Å². The highest BCUT2D eigenvalue weighted by Gasteiger charge is 2.28. The van der Waals surface area contributed by atoms with Gasteiger partial charge in [-0.1, -0.05) is 364 Å². The fourth-order valence-corrected chi connectivity index (χ4v) is 21.9. The first-order chi connectivity index (χ1) is 74.4. The van der Waals surface area contributed by atoms with Crippen LogP contribution in [-0.2, 0) is 0 Å². The summed E-state index contributed by atoms with van der Waals surface area (Å²) in [5, 5.41) is 14.8. The molecule has 15 nitrogen and oxygen atoms in total. The maximum absolute atomic E-state index is 4.97. The van der Waals surface area contributed by atoms with E-state index in [-0.39, 0.29) is 0 Å². The minimum Gasteiger partial charge on any atom is -0.309 e. The van der Waals surface area contributed by atoms with Gasteiger partial charge in [-0.05, 0) is 164 Å². The highest BCUT2D eigenvalue weighted by molar-refractivity contribution is 6.27. The monoisotopic (exact) mass is 1920 g/mol. The largest absolute Gasteiger partial charge is 0.309 e. The number of benzene rings is 21. The fraction of sp³-hybridized carbons (Fsp3) is 0. The number of nitrogens with zero attached hydrogens (tertiary/aromatic N) is 15. The molecule has 150 heavy (non-hydrogen) atoms. The molecule has 0 amide bonds. The predicted molar refractivity (Wildman–Crippen MR) is 614 cm³/mol. The molecule has 0 unspecified atom stereocenters. The van der Waals surface area contributed by atoms with Crippen LogP contribution >= 0.6 is 0 Å². The van der Waals surface area contributed by atoms with Gasteiger partial charge in [0.25, 0.3) is 0 Å². The summed E-state index contributed by atoms with van der Waals surface area (Å²) in [5.74, 6) is 5.82. The number of hydrogen-bond acceptors (Lipinski definition) is 9. The summed E-state index contributed by atoms with van der Waals surface area (Å²) < 4.78 is 14.4. The van der Waals surface area contributed by atoms with Crippen molar-refractivity contribution in [1.29, 1.82) is 0 Å². The molecule has 0 saturated heterocycles. The minimum atomic E-state index is 0.637. The molecule has 0 aliphatic carbocycles. The molecule has 0 fully saturated rings. The number of rotatable bonds is 15. The number of para-hydroxylation sites is 9. The fourth-order valence-electron chi connectivity index (χ4n) is 21.9. The molecule has 30 aromatic rings. The first-order valence-electron chi connectivity index (χ1n) is 50.4. The van der Waals surface area contributed by atoms with E-state index in [2.05, 4.69) is 373 Å². The van der Waals surface area contributed by atoms with E-state index >= 15 is 0 Å². The third kappa shape index (κ3) is 15.3. The zero-order valence-electron chi connectivity index (χ0n) is 80.9. The Morgan fingerprint density at radius 2 is 0.293 bits per heavy atom. The van der Waals surface area contributed by atoms with Crippen LogP contribution in [0.25, 0.3) is 267 Å². The van der Waals surface area contributed by atoms with Gasteiger partial charge in [0.05, 0.1) is 66.2 Å². The van der Waals surface area contributed by atoms with Gasteiger partial charge in [-0.15, -0.1) is 0 Å². The standard InChI is InChI=1S/3C45H29N5/c1-4-14-30(15-5-1)43-46-44(31-16-6-2-7-17-31)48-45(47-43)32-24-26-34(27-25-32)50-40-23-13-11-21-36(40)38-28-37-35-20-10-12-22-39(35)49(41(37)29-42(38)50)33-18-8-3-9-19-33;1-4-14-30(15-5-1)43-46-44(31-16-6-2-7-17-31)48-45(47-43)32-24-26-34(27-25-32)50-38-22-12-10-20-35(38)36-28-29-40-41(42(36)50)37-21-11-13-23-39(37)49(40)33-18-8-3-9-19-33;1-4-14-30(15-5-1)43-46-44(31-16-6-2-7-17-31)48-45(47-43)32-24-26-34(27-25-32)50-40-23-13-11-21-36(40)38-29-28-37-35-20-10-12-22-39(35)49(41(37)42(38)50)33-18-8-3-9-19-33/h3*1-29H. The average molecular weight is 1920 g/mol. The molecule has 0 atom stereocenters. The summed E-state index contributed by atoms with van der Waals surface area (Å²) in [4.78, 5) is 44.4. The van der Waals surface area contributed by atoms with Crippen LogP contribution in [0.3, 0.4) is 0 Å². The Hall–Kier alpha value is -20.6. The van der Waals surface area contributed by atoms with Crippen LogP contribution in [-0.4, -0.2) is 72.3 Å². The van der Waals surface area contributed by atoms with Gasteiger partial charge in [0, 0.05) is 149 Å². The molecule has 0 aliphatic rings. The van der Waals surface area contributed by atoms with E-state index in [4.69, 9.17) is 44.9 Å². The average Bonchev–Trinajstić information content (AvgIpc) is 1.55. The lowest BCUT2D eigenvalue weighted by Crippen LogP contribution is -2.01. The summed E-state index contributed by atoms with van der Waals surface area (Å²) in [6.07, 6.45) is 0. The van der Waals surface area contributed by atoms with Gasteiger partial charge in [0.15, 0.2) is 52.4 Å². The maximum atomic E-state index is 4.97. The molecule has 0 bridgehead atoms. The van der Waals surface area contributed by atoms with Crippen LogP contribution in [0.5, 0.6) is 0 Å². The number of aromatic nitrogens is 15. The summed E-state index contributed by atoms with van der Waals surface area (Å²) in [6.45, 7) is 0. The van der Waals surface area contributed by atoms with E-state index in [9.17, 15) is 0 Å². The predicted octanol–water partition coefficient (Wildman–Crippen LogP) is 33.2. The van der Waals surface area contributed by atoms with Crippen LogP contribution in [0.4, 0.5) is 0 Å². The van der Waals surface area contributed by atoms with Crippen molar-refractivity contribution in [3.63, 3.8) is 0 Å². The quantitative estimate of drug-likeness (QED) is 0.0979. The van der Waals surface area contributed by atoms with E-state index in [1.807, 2.05) is 182 Å². The summed E-state index contributed by atoms with van der Waals surface area (Å²) in [6, 6.07) is 184. The van der Waals surface area contributed by atoms with Gasteiger partial charge in [-0.2, -0.15) is 0 Å². The second kappa shape index (κ2) is 37.0. The maximum Gasteiger partial charge on any atom is 0.164 e. The summed E-state index contributed by atoms with van der Waals surface area (Å²) >= 11 is 0. The molecule has 0 spiro atoms. The Morgan fingerprint density at radius 3 is 0.580 bits per heavy atom. The number of hydrogen-bond donors (Lipinski definition) is 0. The van der Waals surface area contributed by atoms with Crippen LogP contribution in [0.1, 0.15) is 0 Å². The Labute approximate surface area is 861 Å². The first kappa shape index (κ1) is 87.3. The molecule has 30 rings (SSSR count). The lowest BCUT2D eigenvalue weighted by Gasteiger charge is -2.13. The molecule has 9 heterocycles. The molecule has 702 valence electrons. The van der Waals surface area contributed by atoms with Crippen LogP contribution in [0.15, 0.2) is 528 Å². The topological polar surface area (TPSA) is 146 Å². The SMILES string of the molecule is c1ccc(-c2nc(-c3ccccc3)nc(-c3ccc(-n4c5ccccc5c5cc6c7ccccc7n(-c7ccccc7)c6cc54)cc3)n2)cc1.c1ccc(-c2nc(-c3ccccc3)nc(-c3ccc(-n4c5ccccc5c5ccc6c(c7ccccc7n6-c6ccccc6)c54)cc3)n2)cc1.c1ccc(-c2nc(-c3ccccc3)nc(-c3ccc(-n4c5ccccc5c5ccc6c7ccccc7n(-c7ccccc7)c6c54)cc3)n2)cc1. The molecule has 0 saturated carbocycles. The lowest BCUT2D eigenvalue weighted by molar-refractivity contribution is 1.07. The lowest BCUT2D eigenvalue weighted by atomic mass is 10.1. The molecule has 9 aromatic heterocycles. The Kier molecular flexibility index (Phi) is 21.5. The van der Waals surface area contributed by atoms with Gasteiger partial charge >= 0.3 is 0 Å². The van der Waals surface area contributed by atoms with Gasteiger partial charge in [0.1, 0.15) is 0 Å². The Balaban J connectivity index is 0.000000108. The van der Waals surface area contributed by atoms with Crippen molar-refractivity contribution in [2.45, 2.75) is 0 Å². The zero-order valence-corrected chi connectivity index (χ0v) is 80.9. The van der Waals surface area contributed by atoms with Gasteiger partial charge in [-0.25, -0.2) is 44.9 Å². The Morgan fingerprint density at radius 1 is 0.107 bits per heavy atom. The molecule has 0 N–H and O–H groups in total. The van der Waals surface area contributed by atoms with E-state index in [0.29, 0.717) is 52.4 Å². The van der Waals surface area contributed by atoms with Gasteiger partial charge < -0.3 is 27.4 Å². The molecular weight excluding hydrogens is 1830 g/mol. The first-order valence-corrected chi connectivity index (χ1v) is 50.4. The highest BCUT2D eigenvalue weighted by Crippen LogP contribution is 2.47. The summed E-state index contributed by atoms with van der Waals surface area (Å²) in [5.41, 5.74) is 29.3. The van der Waals surface area contributed by atoms with Crippen molar-refractivity contribution < 1.29 is 0 Å². The molecule has 21 aromatic carbocycles. The third-order valence-corrected chi connectivity index (χ3v) is 28.7. The summed E-state index contributed by atoms with van der Waals surface area (Å²) in [7, 11) is 0. The Bertz CT molecular complexity index is 10200. The van der Waals surface area contributed by atoms with Crippen molar-refractivity contribution in [1.82, 2.24) is 72.3 Å². The van der Waals surface area contributed by atoms with Gasteiger partial charge in [0.2, 0.25) is 0 Å². The van der Waals surface area contributed by atoms with E-state index in [0.717, 1.165) is 106 Å². The van der Waals surface area contributed by atoms with Crippen molar-refractivity contribution in [2.75, 3.05) is 0 Å². The second-order valence-corrected chi connectivity index (χ2v) is 37.5. The van der Waals surface area contributed by atoms with Crippen molar-refractivity contribution in [2.24, 2.45) is 0 Å². The van der Waals surface area contributed by atoms with Crippen molar-refractivity contribution in [3.05, 3.63) is 528 Å². The van der Waals surface area contributed by atoms with E-state index in [1.54, 1.807) is 0 Å². The molecular formula is C135H87N15. The van der Waals surface area contributed by atoms with Crippen molar-refractivity contribution in [3.8, 4) is 137 Å². The minimum absolute atomic E-state index is 0.637. The van der Waals surface area contributed by atoms with Crippen LogP contribution in [0.2, 0.25) is 0 Å². The highest BCUT2D eigenvalue weighted by atomic mass is 15.1. The van der Waals surface area contributed by atoms with Gasteiger partial charge in [-0.3, -0.25) is 0 Å². The van der Waals surface area contributed by atoms with E-state index in [1.165, 1.54) is 109 Å². The third-order valence-electron chi connectivity index (χ3n) is 28.7. The normalized spacial score (nSPS) is 11.6. The van der Waals surface area contributed by atoms with E-state index < -0.39 is 0 Å².